The lowest BCUT2D eigenvalue weighted by molar-refractivity contribution is 0.450. The molecule has 0 amide bonds. The molecule has 0 bridgehead atoms. The van der Waals surface area contributed by atoms with Crippen LogP contribution in [-0.2, 0) is 7.05 Å². The van der Waals surface area contributed by atoms with Gasteiger partial charge in [0, 0.05) is 13.1 Å². The SMILES string of the molecule is Cn1c(-c2nc(O)ccc2F)nnc1-c1c(F)cccc1F. The lowest BCUT2D eigenvalue weighted by Crippen LogP contribution is -2.01. The van der Waals surface area contributed by atoms with Crippen LogP contribution in [0.2, 0.25) is 0 Å². The Hall–Kier alpha value is -2.90. The molecule has 3 rings (SSSR count). The molecule has 112 valence electrons. The van der Waals surface area contributed by atoms with Crippen LogP contribution in [0.3, 0.4) is 0 Å². The van der Waals surface area contributed by atoms with Crippen molar-refractivity contribution in [3.8, 4) is 28.8 Å². The molecule has 0 aliphatic heterocycles. The third-order valence-electron chi connectivity index (χ3n) is 3.10. The summed E-state index contributed by atoms with van der Waals surface area (Å²) in [4.78, 5) is 3.63. The topological polar surface area (TPSA) is 63.8 Å². The Balaban J connectivity index is 2.20. The molecule has 8 heteroatoms. The molecular formula is C14H9F3N4O. The van der Waals surface area contributed by atoms with Crippen molar-refractivity contribution >= 4 is 0 Å². The van der Waals surface area contributed by atoms with Crippen molar-refractivity contribution in [3.63, 3.8) is 0 Å². The molecule has 0 saturated carbocycles. The molecule has 0 aliphatic carbocycles. The fourth-order valence-corrected chi connectivity index (χ4v) is 2.05. The number of rotatable bonds is 2. The van der Waals surface area contributed by atoms with E-state index < -0.39 is 23.3 Å². The van der Waals surface area contributed by atoms with Crippen molar-refractivity contribution in [2.24, 2.45) is 7.05 Å². The second kappa shape index (κ2) is 5.14. The summed E-state index contributed by atoms with van der Waals surface area (Å²) in [6.45, 7) is 0. The molecule has 0 fully saturated rings. The molecule has 0 saturated heterocycles. The fourth-order valence-electron chi connectivity index (χ4n) is 2.05. The summed E-state index contributed by atoms with van der Waals surface area (Å²) < 4.78 is 42.6. The molecule has 0 spiro atoms. The van der Waals surface area contributed by atoms with Crippen molar-refractivity contribution in [2.45, 2.75) is 0 Å². The number of aromatic hydroxyl groups is 1. The average molecular weight is 306 g/mol. The van der Waals surface area contributed by atoms with E-state index in [0.717, 1.165) is 24.3 Å². The number of aromatic nitrogens is 4. The zero-order valence-corrected chi connectivity index (χ0v) is 11.3. The van der Waals surface area contributed by atoms with Gasteiger partial charge in [0.05, 0.1) is 5.56 Å². The van der Waals surface area contributed by atoms with Crippen molar-refractivity contribution in [1.82, 2.24) is 19.7 Å². The lowest BCUT2D eigenvalue weighted by atomic mass is 10.2. The van der Waals surface area contributed by atoms with Gasteiger partial charge in [-0.1, -0.05) is 6.07 Å². The Kier molecular flexibility index (Phi) is 3.28. The maximum Gasteiger partial charge on any atom is 0.211 e. The van der Waals surface area contributed by atoms with Crippen LogP contribution in [0.5, 0.6) is 5.88 Å². The lowest BCUT2D eigenvalue weighted by Gasteiger charge is -2.06. The van der Waals surface area contributed by atoms with E-state index in [9.17, 15) is 18.3 Å². The van der Waals surface area contributed by atoms with E-state index in [1.165, 1.54) is 17.7 Å². The maximum atomic E-state index is 13.8. The standard InChI is InChI=1S/C14H9F3N4O/c1-21-13(11-7(15)3-2-4-8(11)16)19-20-14(21)12-9(17)5-6-10(22)18-12/h2-6H,1H3,(H,18,22). The van der Waals surface area contributed by atoms with Gasteiger partial charge in [-0.05, 0) is 18.2 Å². The van der Waals surface area contributed by atoms with Gasteiger partial charge in [-0.3, -0.25) is 0 Å². The predicted molar refractivity (Wildman–Crippen MR) is 71.2 cm³/mol. The third kappa shape index (κ3) is 2.18. The predicted octanol–water partition coefficient (Wildman–Crippen LogP) is 2.67. The first-order chi connectivity index (χ1) is 10.5. The van der Waals surface area contributed by atoms with Crippen molar-refractivity contribution in [2.75, 3.05) is 0 Å². The minimum Gasteiger partial charge on any atom is -0.493 e. The molecule has 0 aliphatic rings. The molecule has 0 radical (unpaired) electrons. The Morgan fingerprint density at radius 2 is 1.55 bits per heavy atom. The zero-order valence-electron chi connectivity index (χ0n) is 11.3. The number of pyridine rings is 1. The normalized spacial score (nSPS) is 10.9. The smallest absolute Gasteiger partial charge is 0.211 e. The van der Waals surface area contributed by atoms with Crippen LogP contribution in [0.1, 0.15) is 0 Å². The number of hydrogen-bond acceptors (Lipinski definition) is 4. The van der Waals surface area contributed by atoms with Gasteiger partial charge in [0.2, 0.25) is 5.88 Å². The van der Waals surface area contributed by atoms with Gasteiger partial charge in [-0.2, -0.15) is 0 Å². The Morgan fingerprint density at radius 3 is 2.23 bits per heavy atom. The van der Waals surface area contributed by atoms with Crippen LogP contribution in [0, 0.1) is 17.5 Å². The van der Waals surface area contributed by atoms with E-state index in [4.69, 9.17) is 0 Å². The summed E-state index contributed by atoms with van der Waals surface area (Å²) in [5, 5.41) is 16.8. The molecule has 3 aromatic rings. The zero-order chi connectivity index (χ0) is 15.9. The average Bonchev–Trinajstić information content (AvgIpc) is 2.83. The number of benzene rings is 1. The molecule has 2 heterocycles. The van der Waals surface area contributed by atoms with Crippen LogP contribution in [0.15, 0.2) is 30.3 Å². The Morgan fingerprint density at radius 1 is 0.909 bits per heavy atom. The van der Waals surface area contributed by atoms with E-state index in [0.29, 0.717) is 0 Å². The van der Waals surface area contributed by atoms with Gasteiger partial charge in [-0.15, -0.1) is 10.2 Å². The summed E-state index contributed by atoms with van der Waals surface area (Å²) in [6, 6.07) is 5.48. The van der Waals surface area contributed by atoms with Gasteiger partial charge in [-0.25, -0.2) is 18.2 Å². The highest BCUT2D eigenvalue weighted by Gasteiger charge is 2.21. The van der Waals surface area contributed by atoms with E-state index in [1.807, 2.05) is 0 Å². The van der Waals surface area contributed by atoms with E-state index in [2.05, 4.69) is 15.2 Å². The minimum atomic E-state index is -0.814. The monoisotopic (exact) mass is 306 g/mol. The first kappa shape index (κ1) is 14.1. The van der Waals surface area contributed by atoms with Crippen LogP contribution in [-0.4, -0.2) is 24.9 Å². The van der Waals surface area contributed by atoms with Gasteiger partial charge in [0.25, 0.3) is 0 Å². The molecule has 2 aromatic heterocycles. The van der Waals surface area contributed by atoms with E-state index in [1.54, 1.807) is 0 Å². The number of halogens is 3. The summed E-state index contributed by atoms with van der Waals surface area (Å²) in [5.74, 6) is -2.95. The van der Waals surface area contributed by atoms with E-state index >= 15 is 0 Å². The summed E-state index contributed by atoms with van der Waals surface area (Å²) in [7, 11) is 1.42. The molecule has 0 unspecified atom stereocenters. The van der Waals surface area contributed by atoms with Crippen molar-refractivity contribution < 1.29 is 18.3 Å². The largest absolute Gasteiger partial charge is 0.493 e. The molecule has 1 N–H and O–H groups in total. The quantitative estimate of drug-likeness (QED) is 0.790. The highest BCUT2D eigenvalue weighted by Crippen LogP contribution is 2.28. The summed E-state index contributed by atoms with van der Waals surface area (Å²) in [5.41, 5.74) is -0.637. The Labute approximate surface area is 122 Å². The van der Waals surface area contributed by atoms with E-state index in [-0.39, 0.29) is 22.9 Å². The minimum absolute atomic E-state index is 0.0638. The van der Waals surface area contributed by atoms with Crippen LogP contribution >= 0.6 is 0 Å². The van der Waals surface area contributed by atoms with Gasteiger partial charge in [0.15, 0.2) is 17.5 Å². The fraction of sp³-hybridized carbons (Fsp3) is 0.0714. The van der Waals surface area contributed by atoms with Gasteiger partial charge in [0.1, 0.15) is 17.3 Å². The molecule has 0 atom stereocenters. The number of nitrogens with zero attached hydrogens (tertiary/aromatic N) is 4. The van der Waals surface area contributed by atoms with Crippen molar-refractivity contribution in [3.05, 3.63) is 47.8 Å². The summed E-state index contributed by atoms with van der Waals surface area (Å²) >= 11 is 0. The second-order valence-corrected chi connectivity index (χ2v) is 4.50. The molecule has 5 nitrogen and oxygen atoms in total. The van der Waals surface area contributed by atoms with Crippen LogP contribution in [0.4, 0.5) is 13.2 Å². The molecule has 22 heavy (non-hydrogen) atoms. The Bertz CT molecular complexity index is 843. The first-order valence-electron chi connectivity index (χ1n) is 6.18. The molecule has 1 aromatic carbocycles. The van der Waals surface area contributed by atoms with Gasteiger partial charge < -0.3 is 9.67 Å². The van der Waals surface area contributed by atoms with Crippen molar-refractivity contribution in [1.29, 1.82) is 0 Å². The van der Waals surface area contributed by atoms with Gasteiger partial charge >= 0.3 is 0 Å². The molecular weight excluding hydrogens is 297 g/mol. The van der Waals surface area contributed by atoms with Crippen LogP contribution < -0.4 is 0 Å². The highest BCUT2D eigenvalue weighted by molar-refractivity contribution is 5.62. The van der Waals surface area contributed by atoms with Crippen LogP contribution in [0.25, 0.3) is 22.9 Å². The second-order valence-electron chi connectivity index (χ2n) is 4.50. The maximum absolute atomic E-state index is 13.8. The summed E-state index contributed by atoms with van der Waals surface area (Å²) in [6.07, 6.45) is 0. The number of hydrogen-bond donors (Lipinski definition) is 1. The highest BCUT2D eigenvalue weighted by atomic mass is 19.1. The first-order valence-corrected chi connectivity index (χ1v) is 6.18. The third-order valence-corrected chi connectivity index (χ3v) is 3.10.